The van der Waals surface area contributed by atoms with E-state index >= 15 is 0 Å². The second kappa shape index (κ2) is 9.54. The van der Waals surface area contributed by atoms with Crippen molar-refractivity contribution in [2.45, 2.75) is 51.7 Å². The normalized spacial score (nSPS) is 23.7. The maximum Gasteiger partial charge on any atom is 0.0707 e. The van der Waals surface area contributed by atoms with Gasteiger partial charge in [-0.1, -0.05) is 19.9 Å². The Kier molecular flexibility index (Phi) is 8.31. The topological polar surface area (TPSA) is 24.5 Å². The van der Waals surface area contributed by atoms with Gasteiger partial charge in [0.15, 0.2) is 0 Å². The first-order valence-electron chi connectivity index (χ1n) is 7.49. The van der Waals surface area contributed by atoms with Gasteiger partial charge in [0.2, 0.25) is 0 Å². The van der Waals surface area contributed by atoms with Crippen LogP contribution in [0.4, 0.5) is 0 Å². The zero-order chi connectivity index (χ0) is 13.2. The summed E-state index contributed by atoms with van der Waals surface area (Å²) in [5, 5.41) is 3.45. The van der Waals surface area contributed by atoms with Crippen molar-refractivity contribution in [2.24, 2.45) is 0 Å². The molecule has 18 heavy (non-hydrogen) atoms. The van der Waals surface area contributed by atoms with E-state index in [2.05, 4.69) is 30.6 Å². The monoisotopic (exact) mass is 254 g/mol. The number of rotatable bonds is 10. The lowest BCUT2D eigenvalue weighted by atomic mass is 10.2. The Morgan fingerprint density at radius 2 is 2.06 bits per heavy atom. The number of hydrogen-bond donors (Lipinski definition) is 1. The molecule has 2 unspecified atom stereocenters. The minimum atomic E-state index is 0.421. The Hall–Kier alpha value is -0.380. The van der Waals surface area contributed by atoms with E-state index in [-0.39, 0.29) is 0 Å². The Morgan fingerprint density at radius 1 is 1.28 bits per heavy atom. The predicted octanol–water partition coefficient (Wildman–Crippen LogP) is 2.43. The largest absolute Gasteiger partial charge is 0.372 e. The second-order valence-electron chi connectivity index (χ2n) is 5.21. The highest BCUT2D eigenvalue weighted by Crippen LogP contribution is 2.20. The molecule has 0 aromatic rings. The molecular formula is C15H30N2O. The first kappa shape index (κ1) is 15.7. The molecule has 0 aromatic carbocycles. The highest BCUT2D eigenvalue weighted by atomic mass is 16.5. The van der Waals surface area contributed by atoms with Crippen LogP contribution in [0.15, 0.2) is 12.7 Å². The van der Waals surface area contributed by atoms with E-state index in [1.807, 2.05) is 6.08 Å². The van der Waals surface area contributed by atoms with Crippen LogP contribution in [0, 0.1) is 0 Å². The highest BCUT2D eigenvalue weighted by Gasteiger charge is 2.25. The Balaban J connectivity index is 2.21. The first-order chi connectivity index (χ1) is 8.80. The fourth-order valence-corrected chi connectivity index (χ4v) is 2.55. The number of ether oxygens (including phenoxy) is 1. The van der Waals surface area contributed by atoms with Crippen molar-refractivity contribution >= 4 is 0 Å². The van der Waals surface area contributed by atoms with Gasteiger partial charge in [0.25, 0.3) is 0 Å². The van der Waals surface area contributed by atoms with Crippen LogP contribution in [0.25, 0.3) is 0 Å². The van der Waals surface area contributed by atoms with Crippen molar-refractivity contribution in [3.8, 4) is 0 Å². The summed E-state index contributed by atoms with van der Waals surface area (Å²) < 4.78 is 6.09. The third-order valence-electron chi connectivity index (χ3n) is 3.38. The van der Waals surface area contributed by atoms with E-state index in [9.17, 15) is 0 Å². The zero-order valence-electron chi connectivity index (χ0n) is 12.2. The van der Waals surface area contributed by atoms with Gasteiger partial charge in [-0.2, -0.15) is 0 Å². The zero-order valence-corrected chi connectivity index (χ0v) is 12.2. The van der Waals surface area contributed by atoms with Crippen LogP contribution in [0.3, 0.4) is 0 Å². The van der Waals surface area contributed by atoms with Crippen LogP contribution >= 0.6 is 0 Å². The quantitative estimate of drug-likeness (QED) is 0.479. The summed E-state index contributed by atoms with van der Waals surface area (Å²) in [6, 6.07) is 0. The van der Waals surface area contributed by atoms with Gasteiger partial charge in [-0.25, -0.2) is 0 Å². The Morgan fingerprint density at radius 3 is 2.72 bits per heavy atom. The van der Waals surface area contributed by atoms with E-state index < -0.39 is 0 Å². The van der Waals surface area contributed by atoms with E-state index in [4.69, 9.17) is 4.74 Å². The summed E-state index contributed by atoms with van der Waals surface area (Å²) in [5.41, 5.74) is 0. The molecule has 3 nitrogen and oxygen atoms in total. The average Bonchev–Trinajstić information content (AvgIpc) is 2.78. The summed E-state index contributed by atoms with van der Waals surface area (Å²) in [6.45, 7) is 13.5. The third kappa shape index (κ3) is 5.98. The van der Waals surface area contributed by atoms with Gasteiger partial charge in [-0.15, -0.1) is 6.58 Å². The van der Waals surface area contributed by atoms with Crippen molar-refractivity contribution in [1.82, 2.24) is 10.2 Å². The molecule has 0 aliphatic carbocycles. The lowest BCUT2D eigenvalue weighted by Crippen LogP contribution is -2.34. The van der Waals surface area contributed by atoms with Crippen LogP contribution in [-0.2, 0) is 4.74 Å². The van der Waals surface area contributed by atoms with Crippen LogP contribution in [0.2, 0.25) is 0 Å². The van der Waals surface area contributed by atoms with Gasteiger partial charge in [-0.3, -0.25) is 4.90 Å². The molecule has 1 fully saturated rings. The summed E-state index contributed by atoms with van der Waals surface area (Å²) in [7, 11) is 0. The SMILES string of the molecule is C=CCN(CCC)CC1CCC(CNCCC)O1. The molecule has 0 spiro atoms. The summed E-state index contributed by atoms with van der Waals surface area (Å²) in [6.07, 6.45) is 7.64. The number of nitrogens with one attached hydrogen (secondary N) is 1. The molecule has 0 amide bonds. The predicted molar refractivity (Wildman–Crippen MR) is 78.0 cm³/mol. The lowest BCUT2D eigenvalue weighted by Gasteiger charge is -2.24. The number of hydrogen-bond acceptors (Lipinski definition) is 3. The number of nitrogens with zero attached hydrogens (tertiary/aromatic N) is 1. The van der Waals surface area contributed by atoms with Crippen molar-refractivity contribution in [3.63, 3.8) is 0 Å². The smallest absolute Gasteiger partial charge is 0.0707 e. The molecule has 0 radical (unpaired) electrons. The Bertz CT molecular complexity index is 221. The molecule has 1 N–H and O–H groups in total. The molecule has 2 atom stereocenters. The van der Waals surface area contributed by atoms with Crippen LogP contribution in [0.1, 0.15) is 39.5 Å². The van der Waals surface area contributed by atoms with Gasteiger partial charge < -0.3 is 10.1 Å². The van der Waals surface area contributed by atoms with Crippen LogP contribution in [0.5, 0.6) is 0 Å². The van der Waals surface area contributed by atoms with Gasteiger partial charge in [0.1, 0.15) is 0 Å². The highest BCUT2D eigenvalue weighted by molar-refractivity contribution is 4.80. The lowest BCUT2D eigenvalue weighted by molar-refractivity contribution is 0.0255. The molecule has 1 aliphatic rings. The van der Waals surface area contributed by atoms with Crippen molar-refractivity contribution < 1.29 is 4.74 Å². The fraction of sp³-hybridized carbons (Fsp3) is 0.867. The van der Waals surface area contributed by atoms with Gasteiger partial charge in [-0.05, 0) is 38.8 Å². The molecule has 0 aromatic heterocycles. The molecular weight excluding hydrogens is 224 g/mol. The minimum absolute atomic E-state index is 0.421. The summed E-state index contributed by atoms with van der Waals surface area (Å²) in [5.74, 6) is 0. The second-order valence-corrected chi connectivity index (χ2v) is 5.21. The van der Waals surface area contributed by atoms with E-state index in [1.165, 1.54) is 25.7 Å². The Labute approximate surface area is 113 Å². The van der Waals surface area contributed by atoms with E-state index in [1.54, 1.807) is 0 Å². The van der Waals surface area contributed by atoms with Crippen LogP contribution < -0.4 is 5.32 Å². The fourth-order valence-electron chi connectivity index (χ4n) is 2.55. The molecule has 3 heteroatoms. The van der Waals surface area contributed by atoms with Crippen LogP contribution in [-0.4, -0.2) is 49.8 Å². The van der Waals surface area contributed by atoms with E-state index in [0.29, 0.717) is 12.2 Å². The standard InChI is InChI=1S/C15H30N2O/c1-4-9-16-12-14-7-8-15(18-14)13-17(10-5-2)11-6-3/h5,14-16H,2,4,6-13H2,1,3H3. The van der Waals surface area contributed by atoms with E-state index in [0.717, 1.165) is 32.7 Å². The molecule has 1 saturated heterocycles. The molecule has 1 heterocycles. The molecule has 0 saturated carbocycles. The maximum atomic E-state index is 6.09. The average molecular weight is 254 g/mol. The minimum Gasteiger partial charge on any atom is -0.372 e. The summed E-state index contributed by atoms with van der Waals surface area (Å²) >= 11 is 0. The van der Waals surface area contributed by atoms with Crippen molar-refractivity contribution in [1.29, 1.82) is 0 Å². The van der Waals surface area contributed by atoms with Crippen molar-refractivity contribution in [2.75, 3.05) is 32.7 Å². The third-order valence-corrected chi connectivity index (χ3v) is 3.38. The molecule has 1 rings (SSSR count). The van der Waals surface area contributed by atoms with Gasteiger partial charge >= 0.3 is 0 Å². The molecule has 1 aliphatic heterocycles. The first-order valence-corrected chi connectivity index (χ1v) is 7.49. The van der Waals surface area contributed by atoms with Gasteiger partial charge in [0.05, 0.1) is 12.2 Å². The molecule has 0 bridgehead atoms. The van der Waals surface area contributed by atoms with Gasteiger partial charge in [0, 0.05) is 19.6 Å². The maximum absolute atomic E-state index is 6.09. The van der Waals surface area contributed by atoms with Crippen molar-refractivity contribution in [3.05, 3.63) is 12.7 Å². The summed E-state index contributed by atoms with van der Waals surface area (Å²) in [4.78, 5) is 2.44. The molecule has 106 valence electrons.